The highest BCUT2D eigenvalue weighted by molar-refractivity contribution is 9.10. The van der Waals surface area contributed by atoms with Gasteiger partial charge in [0.1, 0.15) is 0 Å². The molecule has 1 N–H and O–H groups in total. The first-order valence-electron chi connectivity index (χ1n) is 5.41. The summed E-state index contributed by atoms with van der Waals surface area (Å²) in [6, 6.07) is 5.10. The van der Waals surface area contributed by atoms with Gasteiger partial charge in [-0.3, -0.25) is 0 Å². The minimum Gasteiger partial charge on any atom is -0.395 e. The molecule has 1 rings (SSSR count). The highest BCUT2D eigenvalue weighted by Crippen LogP contribution is 2.23. The second-order valence-electron chi connectivity index (χ2n) is 3.79. The molecule has 0 aliphatic rings. The van der Waals surface area contributed by atoms with Gasteiger partial charge in [0.15, 0.2) is 0 Å². The standard InChI is InChI=1S/C12H16BrNO3S/c1-3-6-14(7-8-15)18(16,17)12-9-11(13)5-4-10(12)2/h3-5,9,15H,1,6-8H2,2H3. The zero-order valence-corrected chi connectivity index (χ0v) is 12.5. The molecule has 1 aromatic rings. The van der Waals surface area contributed by atoms with Gasteiger partial charge in [0, 0.05) is 17.6 Å². The minimum absolute atomic E-state index is 0.0559. The SMILES string of the molecule is C=CCN(CCO)S(=O)(=O)c1cc(Br)ccc1C. The molecule has 0 fully saturated rings. The molecule has 0 unspecified atom stereocenters. The average Bonchev–Trinajstić information content (AvgIpc) is 2.32. The third-order valence-corrected chi connectivity index (χ3v) is 4.95. The Morgan fingerprint density at radius 2 is 2.17 bits per heavy atom. The quantitative estimate of drug-likeness (QED) is 0.809. The summed E-state index contributed by atoms with van der Waals surface area (Å²) in [5, 5.41) is 8.95. The first-order chi connectivity index (χ1) is 8.43. The summed E-state index contributed by atoms with van der Waals surface area (Å²) in [5.41, 5.74) is 0.671. The summed E-state index contributed by atoms with van der Waals surface area (Å²) in [6.45, 7) is 5.28. The van der Waals surface area contributed by atoms with Crippen LogP contribution in [0.4, 0.5) is 0 Å². The van der Waals surface area contributed by atoms with Crippen LogP contribution >= 0.6 is 15.9 Å². The van der Waals surface area contributed by atoms with E-state index < -0.39 is 10.0 Å². The first-order valence-corrected chi connectivity index (χ1v) is 7.65. The molecule has 0 radical (unpaired) electrons. The summed E-state index contributed by atoms with van der Waals surface area (Å²) in [7, 11) is -3.61. The van der Waals surface area contributed by atoms with E-state index in [9.17, 15) is 8.42 Å². The zero-order chi connectivity index (χ0) is 13.8. The molecule has 1 aromatic carbocycles. The van der Waals surface area contributed by atoms with Crippen molar-refractivity contribution < 1.29 is 13.5 Å². The number of hydrogen-bond donors (Lipinski definition) is 1. The van der Waals surface area contributed by atoms with Crippen molar-refractivity contribution in [2.45, 2.75) is 11.8 Å². The second-order valence-corrected chi connectivity index (χ2v) is 6.61. The predicted octanol–water partition coefficient (Wildman–Crippen LogP) is 1.93. The molecule has 0 heterocycles. The van der Waals surface area contributed by atoms with Crippen molar-refractivity contribution in [3.05, 3.63) is 40.9 Å². The molecule has 18 heavy (non-hydrogen) atoms. The predicted molar refractivity (Wildman–Crippen MR) is 74.9 cm³/mol. The largest absolute Gasteiger partial charge is 0.395 e. The van der Waals surface area contributed by atoms with Gasteiger partial charge in [-0.05, 0) is 24.6 Å². The van der Waals surface area contributed by atoms with Gasteiger partial charge in [-0.15, -0.1) is 6.58 Å². The number of hydrogen-bond acceptors (Lipinski definition) is 3. The van der Waals surface area contributed by atoms with Crippen molar-refractivity contribution in [2.24, 2.45) is 0 Å². The van der Waals surface area contributed by atoms with Crippen molar-refractivity contribution in [2.75, 3.05) is 19.7 Å². The van der Waals surface area contributed by atoms with Crippen molar-refractivity contribution in [3.63, 3.8) is 0 Å². The smallest absolute Gasteiger partial charge is 0.243 e. The van der Waals surface area contributed by atoms with Crippen LogP contribution < -0.4 is 0 Å². The number of halogens is 1. The third kappa shape index (κ3) is 3.41. The number of benzene rings is 1. The van der Waals surface area contributed by atoms with Gasteiger partial charge in [-0.2, -0.15) is 4.31 Å². The zero-order valence-electron chi connectivity index (χ0n) is 10.1. The van der Waals surface area contributed by atoms with Crippen LogP contribution in [-0.4, -0.2) is 37.5 Å². The Labute approximate surface area is 116 Å². The molecule has 4 nitrogen and oxygen atoms in total. The van der Waals surface area contributed by atoms with Gasteiger partial charge in [0.25, 0.3) is 0 Å². The fourth-order valence-electron chi connectivity index (χ4n) is 1.56. The lowest BCUT2D eigenvalue weighted by atomic mass is 10.2. The average molecular weight is 334 g/mol. The van der Waals surface area contributed by atoms with Crippen molar-refractivity contribution in [1.29, 1.82) is 0 Å². The molecule has 0 saturated heterocycles. The van der Waals surface area contributed by atoms with Crippen LogP contribution in [0.1, 0.15) is 5.56 Å². The Hall–Kier alpha value is -0.690. The van der Waals surface area contributed by atoms with E-state index in [1.54, 1.807) is 25.1 Å². The molecule has 0 atom stereocenters. The third-order valence-electron chi connectivity index (χ3n) is 2.45. The van der Waals surface area contributed by atoms with Crippen LogP contribution in [-0.2, 0) is 10.0 Å². The Balaban J connectivity index is 3.25. The van der Waals surface area contributed by atoms with E-state index in [4.69, 9.17) is 5.11 Å². The topological polar surface area (TPSA) is 57.6 Å². The van der Waals surface area contributed by atoms with Gasteiger partial charge in [-0.1, -0.05) is 28.1 Å². The highest BCUT2D eigenvalue weighted by atomic mass is 79.9. The number of sulfonamides is 1. The molecule has 0 saturated carbocycles. The summed E-state index contributed by atoms with van der Waals surface area (Å²) < 4.78 is 26.8. The summed E-state index contributed by atoms with van der Waals surface area (Å²) in [5.74, 6) is 0. The molecule has 6 heteroatoms. The Morgan fingerprint density at radius 1 is 1.50 bits per heavy atom. The molecule has 0 amide bonds. The lowest BCUT2D eigenvalue weighted by molar-refractivity contribution is 0.260. The van der Waals surface area contributed by atoms with Crippen LogP contribution in [0.3, 0.4) is 0 Å². The second kappa shape index (κ2) is 6.47. The molecular formula is C12H16BrNO3S. The van der Waals surface area contributed by atoms with E-state index in [0.717, 1.165) is 0 Å². The van der Waals surface area contributed by atoms with Crippen LogP contribution in [0.15, 0.2) is 40.2 Å². The maximum Gasteiger partial charge on any atom is 0.243 e. The Kier molecular flexibility index (Phi) is 5.52. The van der Waals surface area contributed by atoms with Gasteiger partial charge in [0.2, 0.25) is 10.0 Å². The molecule has 100 valence electrons. The normalized spacial score (nSPS) is 11.8. The van der Waals surface area contributed by atoms with E-state index in [-0.39, 0.29) is 24.6 Å². The molecule has 0 spiro atoms. The van der Waals surface area contributed by atoms with E-state index in [0.29, 0.717) is 10.0 Å². The number of aliphatic hydroxyl groups is 1. The van der Waals surface area contributed by atoms with Crippen molar-refractivity contribution in [3.8, 4) is 0 Å². The number of nitrogens with zero attached hydrogens (tertiary/aromatic N) is 1. The summed E-state index contributed by atoms with van der Waals surface area (Å²) in [6.07, 6.45) is 1.50. The van der Waals surface area contributed by atoms with Crippen molar-refractivity contribution in [1.82, 2.24) is 4.31 Å². The molecule has 0 bridgehead atoms. The van der Waals surface area contributed by atoms with Crippen LogP contribution in [0.5, 0.6) is 0 Å². The lowest BCUT2D eigenvalue weighted by Crippen LogP contribution is -2.34. The van der Waals surface area contributed by atoms with Gasteiger partial charge in [-0.25, -0.2) is 8.42 Å². The Bertz CT molecular complexity index is 528. The minimum atomic E-state index is -3.61. The van der Waals surface area contributed by atoms with Gasteiger partial charge in [0.05, 0.1) is 11.5 Å². The summed E-state index contributed by atoms with van der Waals surface area (Å²) in [4.78, 5) is 0.243. The van der Waals surface area contributed by atoms with Crippen LogP contribution in [0, 0.1) is 6.92 Å². The number of aliphatic hydroxyl groups excluding tert-OH is 1. The van der Waals surface area contributed by atoms with E-state index in [1.165, 1.54) is 10.4 Å². The van der Waals surface area contributed by atoms with Crippen LogP contribution in [0.2, 0.25) is 0 Å². The maximum absolute atomic E-state index is 12.4. The fourth-order valence-corrected chi connectivity index (χ4v) is 3.72. The van der Waals surface area contributed by atoms with Gasteiger partial charge < -0.3 is 5.11 Å². The van der Waals surface area contributed by atoms with E-state index >= 15 is 0 Å². The monoisotopic (exact) mass is 333 g/mol. The fraction of sp³-hybridized carbons (Fsp3) is 0.333. The van der Waals surface area contributed by atoms with Crippen molar-refractivity contribution >= 4 is 26.0 Å². The van der Waals surface area contributed by atoms with E-state index in [1.807, 2.05) is 0 Å². The molecule has 0 aromatic heterocycles. The van der Waals surface area contributed by atoms with E-state index in [2.05, 4.69) is 22.5 Å². The van der Waals surface area contributed by atoms with Gasteiger partial charge >= 0.3 is 0 Å². The number of rotatable bonds is 6. The molecule has 0 aliphatic carbocycles. The number of aryl methyl sites for hydroxylation is 1. The first kappa shape index (κ1) is 15.4. The lowest BCUT2D eigenvalue weighted by Gasteiger charge is -2.20. The molecular weight excluding hydrogens is 318 g/mol. The molecule has 0 aliphatic heterocycles. The van der Waals surface area contributed by atoms with Crippen LogP contribution in [0.25, 0.3) is 0 Å². The maximum atomic E-state index is 12.4. The Morgan fingerprint density at radius 3 is 2.72 bits per heavy atom. The summed E-state index contributed by atoms with van der Waals surface area (Å²) >= 11 is 3.26. The highest BCUT2D eigenvalue weighted by Gasteiger charge is 2.24.